The Kier molecular flexibility index (Phi) is 6.86. The summed E-state index contributed by atoms with van der Waals surface area (Å²) in [7, 11) is 0. The molecule has 3 aromatic heterocycles. The summed E-state index contributed by atoms with van der Waals surface area (Å²) in [5.41, 5.74) is 7.71. The van der Waals surface area contributed by atoms with Crippen molar-refractivity contribution < 1.29 is 0 Å². The molecule has 0 saturated carbocycles. The topological polar surface area (TPSA) is 38.7 Å². The van der Waals surface area contributed by atoms with Gasteiger partial charge in [-0.05, 0) is 46.5 Å². The lowest BCUT2D eigenvalue weighted by molar-refractivity contribution is 1.08. The van der Waals surface area contributed by atoms with Gasteiger partial charge in [-0.15, -0.1) is 22.7 Å². The molecule has 7 aromatic carbocycles. The van der Waals surface area contributed by atoms with Crippen LogP contribution in [0.1, 0.15) is 0 Å². The number of aromatic nitrogens is 3. The van der Waals surface area contributed by atoms with Crippen LogP contribution in [-0.2, 0) is 0 Å². The highest BCUT2D eigenvalue weighted by molar-refractivity contribution is 7.26. The molecule has 0 amide bonds. The number of benzene rings is 7. The molecule has 50 heavy (non-hydrogen) atoms. The predicted octanol–water partition coefficient (Wildman–Crippen LogP) is 12.9. The summed E-state index contributed by atoms with van der Waals surface area (Å²) >= 11 is 3.61. The van der Waals surface area contributed by atoms with Crippen LogP contribution in [0.5, 0.6) is 0 Å². The van der Waals surface area contributed by atoms with E-state index < -0.39 is 0 Å². The van der Waals surface area contributed by atoms with Gasteiger partial charge < -0.3 is 0 Å². The molecule has 0 spiro atoms. The van der Waals surface area contributed by atoms with Crippen molar-refractivity contribution >= 4 is 63.0 Å². The first-order chi connectivity index (χ1) is 24.8. The second kappa shape index (κ2) is 11.8. The molecule has 0 N–H and O–H groups in total. The van der Waals surface area contributed by atoms with Gasteiger partial charge in [0.15, 0.2) is 17.5 Å². The van der Waals surface area contributed by atoms with E-state index in [1.54, 1.807) is 11.3 Å². The molecule has 0 aliphatic rings. The summed E-state index contributed by atoms with van der Waals surface area (Å²) in [6.45, 7) is 0. The fraction of sp³-hybridized carbons (Fsp3) is 0. The normalized spacial score (nSPS) is 11.6. The van der Waals surface area contributed by atoms with Gasteiger partial charge in [-0.3, -0.25) is 0 Å². The molecular weight excluding hydrogens is 647 g/mol. The minimum atomic E-state index is 0.655. The smallest absolute Gasteiger partial charge is 0.165 e. The lowest BCUT2D eigenvalue weighted by Gasteiger charge is -2.11. The highest BCUT2D eigenvalue weighted by Gasteiger charge is 2.20. The monoisotopic (exact) mass is 673 g/mol. The lowest BCUT2D eigenvalue weighted by atomic mass is 9.97. The molecule has 0 aliphatic carbocycles. The van der Waals surface area contributed by atoms with Crippen LogP contribution in [0.4, 0.5) is 0 Å². The van der Waals surface area contributed by atoms with Gasteiger partial charge in [0.1, 0.15) is 0 Å². The second-order valence-electron chi connectivity index (χ2n) is 12.4. The van der Waals surface area contributed by atoms with Crippen molar-refractivity contribution in [3.63, 3.8) is 0 Å². The molecule has 0 radical (unpaired) electrons. The summed E-state index contributed by atoms with van der Waals surface area (Å²) in [5, 5.41) is 4.88. The highest BCUT2D eigenvalue weighted by Crippen LogP contribution is 2.45. The SMILES string of the molecule is c1ccc(-c2ccc(-c3nc(-c4cccc5c4sc4ccccc45)nc(-c4cccc5sc6cccc(-c7ccccc7)c6c45)n3)cc2)cc1. The summed E-state index contributed by atoms with van der Waals surface area (Å²) in [4.78, 5) is 15.8. The van der Waals surface area contributed by atoms with Crippen LogP contribution < -0.4 is 0 Å². The molecule has 3 heterocycles. The van der Waals surface area contributed by atoms with E-state index >= 15 is 0 Å². The summed E-state index contributed by atoms with van der Waals surface area (Å²) in [5.74, 6) is 2.00. The van der Waals surface area contributed by atoms with Crippen molar-refractivity contribution in [3.8, 4) is 56.4 Å². The van der Waals surface area contributed by atoms with Crippen LogP contribution in [0, 0.1) is 0 Å². The number of fused-ring (bicyclic) bond motifs is 6. The maximum Gasteiger partial charge on any atom is 0.165 e. The fourth-order valence-corrected chi connectivity index (χ4v) is 9.39. The largest absolute Gasteiger partial charge is 0.208 e. The molecule has 0 atom stereocenters. The van der Waals surface area contributed by atoms with Crippen LogP contribution in [0.15, 0.2) is 164 Å². The van der Waals surface area contributed by atoms with Gasteiger partial charge in [0.05, 0.1) is 0 Å². The average Bonchev–Trinajstić information content (AvgIpc) is 3.77. The molecule has 0 fully saturated rings. The van der Waals surface area contributed by atoms with E-state index in [1.807, 2.05) is 17.4 Å². The molecule has 0 unspecified atom stereocenters. The first-order valence-corrected chi connectivity index (χ1v) is 18.2. The third kappa shape index (κ3) is 4.82. The zero-order valence-electron chi connectivity index (χ0n) is 26.7. The average molecular weight is 674 g/mol. The fourth-order valence-electron chi connectivity index (χ4n) is 7.02. The molecule has 0 bridgehead atoms. The molecule has 10 rings (SSSR count). The molecular formula is C45H27N3S2. The summed E-state index contributed by atoms with van der Waals surface area (Å²) in [6, 6.07) is 57.8. The summed E-state index contributed by atoms with van der Waals surface area (Å²) < 4.78 is 4.89. The second-order valence-corrected chi connectivity index (χ2v) is 14.5. The van der Waals surface area contributed by atoms with Gasteiger partial charge in [0, 0.05) is 57.0 Å². The van der Waals surface area contributed by atoms with Crippen LogP contribution in [-0.4, -0.2) is 15.0 Å². The van der Waals surface area contributed by atoms with Crippen molar-refractivity contribution in [2.24, 2.45) is 0 Å². The molecule has 3 nitrogen and oxygen atoms in total. The Labute approximate surface area is 296 Å². The Morgan fingerprint density at radius 2 is 0.800 bits per heavy atom. The third-order valence-electron chi connectivity index (χ3n) is 9.38. The van der Waals surface area contributed by atoms with E-state index in [4.69, 9.17) is 15.0 Å². The molecule has 234 valence electrons. The van der Waals surface area contributed by atoms with Crippen molar-refractivity contribution in [2.45, 2.75) is 0 Å². The van der Waals surface area contributed by atoms with E-state index in [-0.39, 0.29) is 0 Å². The van der Waals surface area contributed by atoms with Crippen molar-refractivity contribution in [2.75, 3.05) is 0 Å². The minimum absolute atomic E-state index is 0.655. The number of rotatable bonds is 5. The van der Waals surface area contributed by atoms with Crippen LogP contribution in [0.25, 0.3) is 96.8 Å². The van der Waals surface area contributed by atoms with Crippen LogP contribution >= 0.6 is 22.7 Å². The molecule has 10 aromatic rings. The van der Waals surface area contributed by atoms with Gasteiger partial charge in [-0.2, -0.15) is 0 Å². The van der Waals surface area contributed by atoms with Crippen molar-refractivity contribution in [1.29, 1.82) is 0 Å². The standard InChI is InChI=1S/C45H27N3S2/c1-3-12-28(13-4-1)29-24-26-31(27-25-29)43-46-44(48-45(47-43)36-20-9-18-34-33-16-7-8-21-37(33)50-42(34)36)35-19-11-23-39-41(35)40-32(17-10-22-38(40)49-39)30-14-5-2-6-15-30/h1-27H. The third-order valence-corrected chi connectivity index (χ3v) is 11.7. The highest BCUT2D eigenvalue weighted by atomic mass is 32.1. The maximum atomic E-state index is 5.31. The van der Waals surface area contributed by atoms with Crippen molar-refractivity contribution in [1.82, 2.24) is 15.0 Å². The first kappa shape index (κ1) is 29.0. The Morgan fingerprint density at radius 1 is 0.300 bits per heavy atom. The van der Waals surface area contributed by atoms with E-state index in [1.165, 1.54) is 57.0 Å². The lowest BCUT2D eigenvalue weighted by Crippen LogP contribution is -2.00. The van der Waals surface area contributed by atoms with Gasteiger partial charge in [-0.25, -0.2) is 15.0 Å². The van der Waals surface area contributed by atoms with E-state index in [9.17, 15) is 0 Å². The van der Waals surface area contributed by atoms with Gasteiger partial charge in [-0.1, -0.05) is 140 Å². The van der Waals surface area contributed by atoms with E-state index in [2.05, 4.69) is 158 Å². The van der Waals surface area contributed by atoms with Gasteiger partial charge in [0.2, 0.25) is 0 Å². The number of hydrogen-bond acceptors (Lipinski definition) is 5. The van der Waals surface area contributed by atoms with E-state index in [0.717, 1.165) is 22.3 Å². The van der Waals surface area contributed by atoms with Crippen LogP contribution in [0.2, 0.25) is 0 Å². The molecule has 0 saturated heterocycles. The summed E-state index contributed by atoms with van der Waals surface area (Å²) in [6.07, 6.45) is 0. The Morgan fingerprint density at radius 3 is 1.56 bits per heavy atom. The molecule has 0 aliphatic heterocycles. The Balaban J connectivity index is 1.23. The van der Waals surface area contributed by atoms with Gasteiger partial charge in [0.25, 0.3) is 0 Å². The quantitative estimate of drug-likeness (QED) is 0.182. The van der Waals surface area contributed by atoms with E-state index in [0.29, 0.717) is 17.5 Å². The number of hydrogen-bond donors (Lipinski definition) is 0. The number of nitrogens with zero attached hydrogens (tertiary/aromatic N) is 3. The van der Waals surface area contributed by atoms with Crippen molar-refractivity contribution in [3.05, 3.63) is 164 Å². The van der Waals surface area contributed by atoms with Gasteiger partial charge >= 0.3 is 0 Å². The Hall–Kier alpha value is -6.01. The zero-order valence-corrected chi connectivity index (χ0v) is 28.4. The first-order valence-electron chi connectivity index (χ1n) is 16.6. The van der Waals surface area contributed by atoms with Crippen LogP contribution in [0.3, 0.4) is 0 Å². The number of thiophene rings is 2. The minimum Gasteiger partial charge on any atom is -0.208 e. The molecule has 5 heteroatoms. The predicted molar refractivity (Wildman–Crippen MR) is 213 cm³/mol. The maximum absolute atomic E-state index is 5.31. The Bertz CT molecular complexity index is 2850. The zero-order chi connectivity index (χ0) is 33.0.